The Morgan fingerprint density at radius 2 is 2.00 bits per heavy atom. The van der Waals surface area contributed by atoms with Gasteiger partial charge in [0.2, 0.25) is 0 Å². The van der Waals surface area contributed by atoms with Crippen molar-refractivity contribution >= 4 is 5.69 Å². The largest absolute Gasteiger partial charge is 0.371 e. The number of rotatable bonds is 4. The zero-order valence-electron chi connectivity index (χ0n) is 12.0. The molecule has 0 amide bonds. The number of nitrogens with zero attached hydrogens (tertiary/aromatic N) is 1. The van der Waals surface area contributed by atoms with Crippen LogP contribution in [0.3, 0.4) is 0 Å². The molecule has 0 aromatic heterocycles. The van der Waals surface area contributed by atoms with E-state index < -0.39 is 0 Å². The molecule has 0 radical (unpaired) electrons. The van der Waals surface area contributed by atoms with Crippen molar-refractivity contribution in [2.24, 2.45) is 5.92 Å². The van der Waals surface area contributed by atoms with Gasteiger partial charge in [-0.05, 0) is 49.4 Å². The van der Waals surface area contributed by atoms with Gasteiger partial charge in [0.1, 0.15) is 0 Å². The summed E-state index contributed by atoms with van der Waals surface area (Å²) in [4.78, 5) is 2.55. The van der Waals surface area contributed by atoms with Crippen molar-refractivity contribution in [1.82, 2.24) is 5.32 Å². The predicted molar refractivity (Wildman–Crippen MR) is 79.2 cm³/mol. The Hall–Kier alpha value is -1.02. The van der Waals surface area contributed by atoms with Gasteiger partial charge >= 0.3 is 0 Å². The van der Waals surface area contributed by atoms with Crippen molar-refractivity contribution in [3.8, 4) is 0 Å². The van der Waals surface area contributed by atoms with Crippen LogP contribution in [0.25, 0.3) is 0 Å². The first-order valence-corrected chi connectivity index (χ1v) is 7.26. The van der Waals surface area contributed by atoms with Crippen LogP contribution in [0.1, 0.15) is 37.8 Å². The lowest BCUT2D eigenvalue weighted by Crippen LogP contribution is -2.33. The van der Waals surface area contributed by atoms with Crippen LogP contribution < -0.4 is 10.2 Å². The molecule has 2 heteroatoms. The molecular formula is C16H26N2. The third kappa shape index (κ3) is 3.26. The van der Waals surface area contributed by atoms with Crippen molar-refractivity contribution in [3.05, 3.63) is 29.3 Å². The van der Waals surface area contributed by atoms with Gasteiger partial charge in [0.25, 0.3) is 0 Å². The second kappa shape index (κ2) is 6.24. The van der Waals surface area contributed by atoms with Gasteiger partial charge in [-0.15, -0.1) is 0 Å². The molecule has 1 aliphatic rings. The third-order valence-electron chi connectivity index (χ3n) is 3.96. The zero-order valence-corrected chi connectivity index (χ0v) is 12.0. The Morgan fingerprint density at radius 3 is 2.61 bits per heavy atom. The number of piperidine rings is 1. The smallest absolute Gasteiger partial charge is 0.0396 e. The zero-order chi connectivity index (χ0) is 13.0. The van der Waals surface area contributed by atoms with E-state index in [2.05, 4.69) is 49.2 Å². The highest BCUT2D eigenvalue weighted by atomic mass is 15.1. The quantitative estimate of drug-likeness (QED) is 0.876. The summed E-state index contributed by atoms with van der Waals surface area (Å²) in [5.41, 5.74) is 4.24. The maximum Gasteiger partial charge on any atom is 0.0396 e. The van der Waals surface area contributed by atoms with Gasteiger partial charge in [-0.3, -0.25) is 0 Å². The van der Waals surface area contributed by atoms with Crippen LogP contribution in [0.5, 0.6) is 0 Å². The maximum atomic E-state index is 3.38. The van der Waals surface area contributed by atoms with E-state index in [1.807, 2.05) is 0 Å². The molecule has 0 unspecified atom stereocenters. The summed E-state index contributed by atoms with van der Waals surface area (Å²) in [6, 6.07) is 6.90. The Morgan fingerprint density at radius 1 is 1.28 bits per heavy atom. The molecule has 1 aliphatic heterocycles. The number of anilines is 1. The molecule has 2 rings (SSSR count). The fourth-order valence-corrected chi connectivity index (χ4v) is 2.70. The van der Waals surface area contributed by atoms with E-state index >= 15 is 0 Å². The monoisotopic (exact) mass is 246 g/mol. The number of benzene rings is 1. The highest BCUT2D eigenvalue weighted by Gasteiger charge is 2.17. The van der Waals surface area contributed by atoms with Crippen molar-refractivity contribution in [2.45, 2.75) is 40.2 Å². The molecule has 0 aliphatic carbocycles. The van der Waals surface area contributed by atoms with Gasteiger partial charge in [0.05, 0.1) is 0 Å². The summed E-state index contributed by atoms with van der Waals surface area (Å²) < 4.78 is 0. The van der Waals surface area contributed by atoms with Gasteiger partial charge in [0, 0.05) is 25.3 Å². The first kappa shape index (κ1) is 13.4. The van der Waals surface area contributed by atoms with E-state index in [1.54, 1.807) is 0 Å². The van der Waals surface area contributed by atoms with Crippen LogP contribution in [-0.2, 0) is 6.54 Å². The number of nitrogens with one attached hydrogen (secondary N) is 1. The van der Waals surface area contributed by atoms with Gasteiger partial charge in [-0.1, -0.05) is 26.0 Å². The summed E-state index contributed by atoms with van der Waals surface area (Å²) in [5, 5.41) is 3.38. The van der Waals surface area contributed by atoms with Crippen LogP contribution in [0.2, 0.25) is 0 Å². The van der Waals surface area contributed by atoms with Crippen LogP contribution in [0.4, 0.5) is 5.69 Å². The van der Waals surface area contributed by atoms with E-state index in [1.165, 1.54) is 42.7 Å². The fraction of sp³-hybridized carbons (Fsp3) is 0.625. The topological polar surface area (TPSA) is 15.3 Å². The van der Waals surface area contributed by atoms with Crippen molar-refractivity contribution in [1.29, 1.82) is 0 Å². The van der Waals surface area contributed by atoms with Gasteiger partial charge in [-0.2, -0.15) is 0 Å². The molecule has 0 saturated carbocycles. The predicted octanol–water partition coefficient (Wildman–Crippen LogP) is 3.34. The molecule has 1 heterocycles. The first-order chi connectivity index (χ1) is 8.70. The standard InChI is InChI=1S/C16H26N2/c1-4-17-12-15-5-6-16(14(3)11-15)18-9-7-13(2)8-10-18/h5-6,11,13,17H,4,7-10,12H2,1-3H3. The van der Waals surface area contributed by atoms with E-state index in [-0.39, 0.29) is 0 Å². The van der Waals surface area contributed by atoms with Crippen molar-refractivity contribution < 1.29 is 0 Å². The molecule has 1 saturated heterocycles. The average Bonchev–Trinajstić information content (AvgIpc) is 2.38. The Labute approximate surface area is 111 Å². The van der Waals surface area contributed by atoms with Crippen LogP contribution in [0, 0.1) is 12.8 Å². The summed E-state index contributed by atoms with van der Waals surface area (Å²) in [6.07, 6.45) is 2.66. The van der Waals surface area contributed by atoms with Gasteiger partial charge < -0.3 is 10.2 Å². The van der Waals surface area contributed by atoms with Crippen LogP contribution in [-0.4, -0.2) is 19.6 Å². The van der Waals surface area contributed by atoms with E-state index in [9.17, 15) is 0 Å². The van der Waals surface area contributed by atoms with E-state index in [0.29, 0.717) is 0 Å². The average molecular weight is 246 g/mol. The highest BCUT2D eigenvalue weighted by Crippen LogP contribution is 2.26. The lowest BCUT2D eigenvalue weighted by molar-refractivity contribution is 0.438. The Balaban J connectivity index is 2.05. The lowest BCUT2D eigenvalue weighted by Gasteiger charge is -2.33. The second-order valence-electron chi connectivity index (χ2n) is 5.57. The molecule has 0 atom stereocenters. The van der Waals surface area contributed by atoms with Crippen LogP contribution in [0.15, 0.2) is 18.2 Å². The summed E-state index contributed by atoms with van der Waals surface area (Å²) in [7, 11) is 0. The second-order valence-corrected chi connectivity index (χ2v) is 5.57. The SMILES string of the molecule is CCNCc1ccc(N2CCC(C)CC2)c(C)c1. The minimum Gasteiger partial charge on any atom is -0.371 e. The minimum absolute atomic E-state index is 0.898. The first-order valence-electron chi connectivity index (χ1n) is 7.26. The number of hydrogen-bond acceptors (Lipinski definition) is 2. The molecular weight excluding hydrogens is 220 g/mol. The van der Waals surface area contributed by atoms with E-state index in [0.717, 1.165) is 19.0 Å². The number of hydrogen-bond donors (Lipinski definition) is 1. The minimum atomic E-state index is 0.898. The van der Waals surface area contributed by atoms with Crippen LogP contribution >= 0.6 is 0 Å². The van der Waals surface area contributed by atoms with Gasteiger partial charge in [-0.25, -0.2) is 0 Å². The summed E-state index contributed by atoms with van der Waals surface area (Å²) >= 11 is 0. The molecule has 0 spiro atoms. The molecule has 1 aromatic rings. The third-order valence-corrected chi connectivity index (χ3v) is 3.96. The summed E-state index contributed by atoms with van der Waals surface area (Å²) in [6.45, 7) is 11.2. The fourth-order valence-electron chi connectivity index (χ4n) is 2.70. The molecule has 18 heavy (non-hydrogen) atoms. The molecule has 100 valence electrons. The molecule has 1 aromatic carbocycles. The highest BCUT2D eigenvalue weighted by molar-refractivity contribution is 5.54. The Bertz CT molecular complexity index is 379. The van der Waals surface area contributed by atoms with Gasteiger partial charge in [0.15, 0.2) is 0 Å². The molecule has 1 fully saturated rings. The molecule has 1 N–H and O–H groups in total. The van der Waals surface area contributed by atoms with Crippen molar-refractivity contribution in [2.75, 3.05) is 24.5 Å². The van der Waals surface area contributed by atoms with E-state index in [4.69, 9.17) is 0 Å². The summed E-state index contributed by atoms with van der Waals surface area (Å²) in [5.74, 6) is 0.898. The molecule has 2 nitrogen and oxygen atoms in total. The molecule has 0 bridgehead atoms. The Kier molecular flexibility index (Phi) is 4.65. The lowest BCUT2D eigenvalue weighted by atomic mass is 9.98. The van der Waals surface area contributed by atoms with Crippen molar-refractivity contribution in [3.63, 3.8) is 0 Å². The normalized spacial score (nSPS) is 17.2. The maximum absolute atomic E-state index is 3.38. The number of aryl methyl sites for hydroxylation is 1.